The SMILES string of the molecule is CC(O)(CC(=N)C(=O)O)c1cc2ncccc2n1S(=O)(=O)c1ccccc1. The minimum atomic E-state index is -4.09. The average molecular weight is 387 g/mol. The van der Waals surface area contributed by atoms with Crippen LogP contribution in [-0.2, 0) is 20.4 Å². The molecule has 27 heavy (non-hydrogen) atoms. The van der Waals surface area contributed by atoms with Gasteiger partial charge in [-0.3, -0.25) is 10.4 Å². The van der Waals surface area contributed by atoms with Gasteiger partial charge in [0.25, 0.3) is 10.0 Å². The van der Waals surface area contributed by atoms with Gasteiger partial charge in [0.2, 0.25) is 0 Å². The molecule has 9 heteroatoms. The number of carboxylic acid groups (broad SMARTS) is 1. The molecule has 0 fully saturated rings. The molecule has 8 nitrogen and oxygen atoms in total. The fourth-order valence-corrected chi connectivity index (χ4v) is 4.48. The molecule has 3 aromatic rings. The molecule has 140 valence electrons. The second kappa shape index (κ2) is 6.60. The quantitative estimate of drug-likeness (QED) is 0.554. The summed E-state index contributed by atoms with van der Waals surface area (Å²) in [5.74, 6) is -1.48. The number of nitrogens with one attached hydrogen (secondary N) is 1. The van der Waals surface area contributed by atoms with Gasteiger partial charge in [-0.2, -0.15) is 0 Å². The lowest BCUT2D eigenvalue weighted by molar-refractivity contribution is -0.129. The van der Waals surface area contributed by atoms with Crippen LogP contribution < -0.4 is 0 Å². The van der Waals surface area contributed by atoms with E-state index in [-0.39, 0.29) is 16.1 Å². The van der Waals surface area contributed by atoms with Gasteiger partial charge in [-0.05, 0) is 37.3 Å². The molecule has 0 spiro atoms. The zero-order chi connectivity index (χ0) is 19.8. The normalized spacial score (nSPS) is 14.0. The van der Waals surface area contributed by atoms with Gasteiger partial charge in [-0.15, -0.1) is 0 Å². The van der Waals surface area contributed by atoms with Crippen LogP contribution in [0.3, 0.4) is 0 Å². The predicted molar refractivity (Wildman–Crippen MR) is 98.3 cm³/mol. The van der Waals surface area contributed by atoms with Crippen LogP contribution in [0.15, 0.2) is 59.6 Å². The minimum absolute atomic E-state index is 0.0108. The summed E-state index contributed by atoms with van der Waals surface area (Å²) < 4.78 is 27.5. The first-order valence-corrected chi connectivity index (χ1v) is 9.39. The number of hydrogen-bond acceptors (Lipinski definition) is 6. The van der Waals surface area contributed by atoms with Crippen LogP contribution in [-0.4, -0.2) is 39.3 Å². The zero-order valence-electron chi connectivity index (χ0n) is 14.3. The molecule has 2 heterocycles. The molecule has 1 unspecified atom stereocenters. The van der Waals surface area contributed by atoms with Crippen molar-refractivity contribution in [1.82, 2.24) is 8.96 Å². The van der Waals surface area contributed by atoms with Crippen LogP contribution in [0, 0.1) is 5.41 Å². The van der Waals surface area contributed by atoms with Crippen molar-refractivity contribution in [2.75, 3.05) is 0 Å². The van der Waals surface area contributed by atoms with Gasteiger partial charge in [0.1, 0.15) is 11.3 Å². The van der Waals surface area contributed by atoms with Gasteiger partial charge in [0, 0.05) is 12.6 Å². The molecule has 0 bridgehead atoms. The lowest BCUT2D eigenvalue weighted by Gasteiger charge is -2.25. The number of rotatable bonds is 6. The molecule has 3 rings (SSSR count). The van der Waals surface area contributed by atoms with E-state index in [1.54, 1.807) is 30.3 Å². The number of carboxylic acids is 1. The maximum atomic E-state index is 13.3. The van der Waals surface area contributed by atoms with Crippen molar-refractivity contribution in [2.24, 2.45) is 0 Å². The Hall–Kier alpha value is -3.04. The highest BCUT2D eigenvalue weighted by Crippen LogP contribution is 2.33. The van der Waals surface area contributed by atoms with Crippen molar-refractivity contribution in [3.05, 3.63) is 60.4 Å². The fraction of sp³-hybridized carbons (Fsp3) is 0.167. The highest BCUT2D eigenvalue weighted by atomic mass is 32.2. The number of benzene rings is 1. The van der Waals surface area contributed by atoms with Gasteiger partial charge < -0.3 is 10.2 Å². The Morgan fingerprint density at radius 2 is 1.89 bits per heavy atom. The monoisotopic (exact) mass is 387 g/mol. The van der Waals surface area contributed by atoms with E-state index in [0.29, 0.717) is 5.52 Å². The van der Waals surface area contributed by atoms with Crippen LogP contribution in [0.1, 0.15) is 19.0 Å². The van der Waals surface area contributed by atoms with E-state index in [0.717, 1.165) is 3.97 Å². The molecule has 0 saturated carbocycles. The van der Waals surface area contributed by atoms with Gasteiger partial charge in [-0.25, -0.2) is 17.2 Å². The smallest absolute Gasteiger partial charge is 0.349 e. The molecule has 0 radical (unpaired) electrons. The van der Waals surface area contributed by atoms with E-state index in [1.807, 2.05) is 0 Å². The summed E-state index contributed by atoms with van der Waals surface area (Å²) in [6.07, 6.45) is 0.919. The number of aromatic nitrogens is 2. The highest BCUT2D eigenvalue weighted by Gasteiger charge is 2.35. The second-order valence-corrected chi connectivity index (χ2v) is 8.04. The summed E-state index contributed by atoms with van der Waals surface area (Å²) in [5, 5.41) is 27.4. The van der Waals surface area contributed by atoms with Gasteiger partial charge >= 0.3 is 5.97 Å². The van der Waals surface area contributed by atoms with E-state index in [2.05, 4.69) is 4.98 Å². The van der Waals surface area contributed by atoms with Gasteiger partial charge in [0.15, 0.2) is 0 Å². The van der Waals surface area contributed by atoms with Crippen molar-refractivity contribution in [1.29, 1.82) is 5.41 Å². The Morgan fingerprint density at radius 1 is 1.22 bits per heavy atom. The Bertz CT molecular complexity index is 1130. The summed E-state index contributed by atoms with van der Waals surface area (Å²) in [7, 11) is -4.09. The first-order valence-electron chi connectivity index (χ1n) is 7.95. The van der Waals surface area contributed by atoms with Crippen LogP contribution >= 0.6 is 0 Å². The van der Waals surface area contributed by atoms with Crippen molar-refractivity contribution in [3.63, 3.8) is 0 Å². The third-order valence-electron chi connectivity index (χ3n) is 4.14. The molecule has 0 saturated heterocycles. The number of nitrogens with zero attached hydrogens (tertiary/aromatic N) is 2. The van der Waals surface area contributed by atoms with E-state index in [4.69, 9.17) is 10.5 Å². The highest BCUT2D eigenvalue weighted by molar-refractivity contribution is 7.90. The molecular formula is C18H17N3O5S. The van der Waals surface area contributed by atoms with Gasteiger partial charge in [0.05, 0.1) is 21.6 Å². The molecule has 0 aliphatic heterocycles. The predicted octanol–water partition coefficient (Wildman–Crippen LogP) is 1.98. The first-order chi connectivity index (χ1) is 12.6. The largest absolute Gasteiger partial charge is 0.477 e. The lowest BCUT2D eigenvalue weighted by atomic mass is 9.95. The van der Waals surface area contributed by atoms with Crippen LogP contribution in [0.5, 0.6) is 0 Å². The van der Waals surface area contributed by atoms with Crippen LogP contribution in [0.4, 0.5) is 0 Å². The number of fused-ring (bicyclic) bond motifs is 1. The molecule has 0 amide bonds. The summed E-state index contributed by atoms with van der Waals surface area (Å²) >= 11 is 0. The summed E-state index contributed by atoms with van der Waals surface area (Å²) in [4.78, 5) is 15.2. The number of pyridine rings is 1. The third-order valence-corrected chi connectivity index (χ3v) is 5.88. The maximum absolute atomic E-state index is 13.3. The van der Waals surface area contributed by atoms with Gasteiger partial charge in [-0.1, -0.05) is 18.2 Å². The van der Waals surface area contributed by atoms with Crippen molar-refractivity contribution in [2.45, 2.75) is 23.8 Å². The Labute approximate surface area is 155 Å². The van der Waals surface area contributed by atoms with E-state index < -0.39 is 33.7 Å². The van der Waals surface area contributed by atoms with E-state index >= 15 is 0 Å². The number of hydrogen-bond donors (Lipinski definition) is 3. The average Bonchev–Trinajstić information content (AvgIpc) is 3.03. The molecule has 3 N–H and O–H groups in total. The molecular weight excluding hydrogens is 370 g/mol. The Balaban J connectivity index is 2.28. The minimum Gasteiger partial charge on any atom is -0.477 e. The van der Waals surface area contributed by atoms with Crippen LogP contribution in [0.25, 0.3) is 11.0 Å². The van der Waals surface area contributed by atoms with Crippen molar-refractivity contribution >= 4 is 32.7 Å². The molecule has 0 aliphatic rings. The topological polar surface area (TPSA) is 133 Å². The third kappa shape index (κ3) is 3.34. The molecule has 0 aliphatic carbocycles. The summed E-state index contributed by atoms with van der Waals surface area (Å²) in [6, 6.07) is 12.2. The standard InChI is InChI=1S/C18H17N3O5S/c1-18(24,11-13(19)17(22)23)16-10-14-15(8-5-9-20-14)21(16)27(25,26)12-6-3-2-4-7-12/h2-10,19,24H,11H2,1H3,(H,22,23). The summed E-state index contributed by atoms with van der Waals surface area (Å²) in [6.45, 7) is 1.27. The Morgan fingerprint density at radius 3 is 2.52 bits per heavy atom. The molecule has 2 aromatic heterocycles. The Kier molecular flexibility index (Phi) is 4.58. The molecule has 1 aromatic carbocycles. The maximum Gasteiger partial charge on any atom is 0.349 e. The first kappa shape index (κ1) is 18.7. The number of carbonyl (C=O) groups is 1. The number of aliphatic hydroxyl groups is 1. The van der Waals surface area contributed by atoms with Crippen molar-refractivity contribution in [3.8, 4) is 0 Å². The zero-order valence-corrected chi connectivity index (χ0v) is 15.1. The number of aliphatic carboxylic acids is 1. The van der Waals surface area contributed by atoms with Crippen LogP contribution in [0.2, 0.25) is 0 Å². The molecule has 1 atom stereocenters. The van der Waals surface area contributed by atoms with Crippen molar-refractivity contribution < 1.29 is 23.4 Å². The van der Waals surface area contributed by atoms with E-state index in [1.165, 1.54) is 31.3 Å². The lowest BCUT2D eigenvalue weighted by Crippen LogP contribution is -2.32. The van der Waals surface area contributed by atoms with E-state index in [9.17, 15) is 18.3 Å². The second-order valence-electron chi connectivity index (χ2n) is 6.25. The fourth-order valence-electron chi connectivity index (χ4n) is 2.85. The summed E-state index contributed by atoms with van der Waals surface area (Å²) in [5.41, 5.74) is -2.14.